The summed E-state index contributed by atoms with van der Waals surface area (Å²) in [6, 6.07) is 13.7. The number of para-hydroxylation sites is 2. The standard InChI is InChI=1S/C24H31NO5/c1-25(2)15-5-12-24(26,13-10-18-8-9-19-22(16-18)28-17-27-19)14-11-23-29-20-6-3-4-7-21(20)30-23/h3-4,6-9,16,23,26H,5,10-15,17H2,1-2H3. The van der Waals surface area contributed by atoms with Crippen LogP contribution in [0.1, 0.15) is 37.7 Å². The first-order valence-electron chi connectivity index (χ1n) is 10.7. The Labute approximate surface area is 178 Å². The fourth-order valence-corrected chi connectivity index (χ4v) is 4.03. The van der Waals surface area contributed by atoms with Gasteiger partial charge >= 0.3 is 0 Å². The molecule has 0 spiro atoms. The highest BCUT2D eigenvalue weighted by Crippen LogP contribution is 2.37. The Hall–Kier alpha value is -2.44. The molecule has 0 saturated heterocycles. The molecule has 0 fully saturated rings. The number of benzene rings is 2. The van der Waals surface area contributed by atoms with Crippen molar-refractivity contribution < 1.29 is 24.1 Å². The quantitative estimate of drug-likeness (QED) is 0.635. The van der Waals surface area contributed by atoms with Gasteiger partial charge in [0.15, 0.2) is 23.0 Å². The minimum atomic E-state index is -0.770. The maximum atomic E-state index is 11.5. The van der Waals surface area contributed by atoms with Crippen LogP contribution in [0.4, 0.5) is 0 Å². The second kappa shape index (κ2) is 9.14. The first-order chi connectivity index (χ1) is 14.5. The van der Waals surface area contributed by atoms with E-state index < -0.39 is 5.60 Å². The molecule has 0 aromatic heterocycles. The topological polar surface area (TPSA) is 60.4 Å². The lowest BCUT2D eigenvalue weighted by Gasteiger charge is -2.30. The predicted octanol–water partition coefficient (Wildman–Crippen LogP) is 4.00. The van der Waals surface area contributed by atoms with E-state index in [0.29, 0.717) is 19.3 Å². The lowest BCUT2D eigenvalue weighted by Crippen LogP contribution is -2.33. The largest absolute Gasteiger partial charge is 0.454 e. The van der Waals surface area contributed by atoms with Crippen LogP contribution in [0.3, 0.4) is 0 Å². The average molecular weight is 414 g/mol. The van der Waals surface area contributed by atoms with Crippen LogP contribution in [-0.2, 0) is 6.42 Å². The Morgan fingerprint density at radius 2 is 1.67 bits per heavy atom. The molecule has 0 radical (unpaired) electrons. The maximum absolute atomic E-state index is 11.5. The van der Waals surface area contributed by atoms with Crippen molar-refractivity contribution in [1.82, 2.24) is 4.90 Å². The van der Waals surface area contributed by atoms with Crippen LogP contribution in [-0.4, -0.2) is 49.3 Å². The second-order valence-electron chi connectivity index (χ2n) is 8.47. The molecule has 0 amide bonds. The van der Waals surface area contributed by atoms with Gasteiger partial charge in [0.25, 0.3) is 0 Å². The molecule has 0 saturated carbocycles. The van der Waals surface area contributed by atoms with Crippen molar-refractivity contribution in [3.8, 4) is 23.0 Å². The van der Waals surface area contributed by atoms with Crippen LogP contribution >= 0.6 is 0 Å². The van der Waals surface area contributed by atoms with E-state index in [0.717, 1.165) is 54.4 Å². The Balaban J connectivity index is 1.35. The first kappa shape index (κ1) is 20.8. The number of rotatable bonds is 10. The van der Waals surface area contributed by atoms with Gasteiger partial charge in [-0.05, 0) is 82.6 Å². The van der Waals surface area contributed by atoms with Gasteiger partial charge in [-0.2, -0.15) is 0 Å². The molecule has 6 nitrogen and oxygen atoms in total. The smallest absolute Gasteiger partial charge is 0.241 e. The fraction of sp³-hybridized carbons (Fsp3) is 0.500. The van der Waals surface area contributed by atoms with Crippen molar-refractivity contribution in [2.45, 2.75) is 50.4 Å². The summed E-state index contributed by atoms with van der Waals surface area (Å²) in [5.41, 5.74) is 0.375. The van der Waals surface area contributed by atoms with E-state index in [-0.39, 0.29) is 13.1 Å². The molecule has 1 atom stereocenters. The van der Waals surface area contributed by atoms with Gasteiger partial charge in [-0.1, -0.05) is 18.2 Å². The minimum Gasteiger partial charge on any atom is -0.454 e. The SMILES string of the molecule is CN(C)CCCC(O)(CCc1ccc2c(c1)OCO2)CCC1Oc2ccccc2O1. The van der Waals surface area contributed by atoms with E-state index in [1.807, 2.05) is 42.5 Å². The van der Waals surface area contributed by atoms with Crippen molar-refractivity contribution >= 4 is 0 Å². The maximum Gasteiger partial charge on any atom is 0.241 e. The Bertz CT molecular complexity index is 830. The molecular formula is C24H31NO5. The summed E-state index contributed by atoms with van der Waals surface area (Å²) >= 11 is 0. The van der Waals surface area contributed by atoms with Crippen LogP contribution in [0.2, 0.25) is 0 Å². The number of nitrogens with zero attached hydrogens (tertiary/aromatic N) is 1. The lowest BCUT2D eigenvalue weighted by atomic mass is 9.86. The highest BCUT2D eigenvalue weighted by Gasteiger charge is 2.31. The van der Waals surface area contributed by atoms with Crippen molar-refractivity contribution in [3.05, 3.63) is 48.0 Å². The number of aliphatic hydroxyl groups is 1. The molecule has 0 bridgehead atoms. The molecular weight excluding hydrogens is 382 g/mol. The van der Waals surface area contributed by atoms with Crippen molar-refractivity contribution in [2.24, 2.45) is 0 Å². The number of ether oxygens (including phenoxy) is 4. The molecule has 0 aliphatic carbocycles. The summed E-state index contributed by atoms with van der Waals surface area (Å²) in [5, 5.41) is 11.5. The third-order valence-electron chi connectivity index (χ3n) is 5.77. The Morgan fingerprint density at radius 1 is 0.933 bits per heavy atom. The van der Waals surface area contributed by atoms with Crippen LogP contribution in [0, 0.1) is 0 Å². The number of aryl methyl sites for hydroxylation is 1. The molecule has 4 rings (SSSR count). The van der Waals surface area contributed by atoms with Gasteiger partial charge in [-0.25, -0.2) is 0 Å². The molecule has 2 aromatic carbocycles. The third kappa shape index (κ3) is 5.18. The summed E-state index contributed by atoms with van der Waals surface area (Å²) in [7, 11) is 4.12. The third-order valence-corrected chi connectivity index (χ3v) is 5.77. The van der Waals surface area contributed by atoms with E-state index in [1.165, 1.54) is 0 Å². The van der Waals surface area contributed by atoms with E-state index in [9.17, 15) is 5.11 Å². The van der Waals surface area contributed by atoms with Crippen molar-refractivity contribution in [1.29, 1.82) is 0 Å². The predicted molar refractivity (Wildman–Crippen MR) is 114 cm³/mol. The summed E-state index contributed by atoms with van der Waals surface area (Å²) in [6.45, 7) is 1.23. The molecule has 2 aliphatic rings. The molecule has 2 aliphatic heterocycles. The van der Waals surface area contributed by atoms with Gasteiger partial charge in [-0.3, -0.25) is 0 Å². The van der Waals surface area contributed by atoms with Crippen LogP contribution in [0.5, 0.6) is 23.0 Å². The number of fused-ring (bicyclic) bond motifs is 2. The van der Waals surface area contributed by atoms with Gasteiger partial charge in [0.1, 0.15) is 0 Å². The summed E-state index contributed by atoms with van der Waals surface area (Å²) in [5.74, 6) is 3.13. The molecule has 162 valence electrons. The minimum absolute atomic E-state index is 0.275. The zero-order valence-corrected chi connectivity index (χ0v) is 17.8. The summed E-state index contributed by atoms with van der Waals surface area (Å²) in [6.07, 6.45) is 4.08. The van der Waals surface area contributed by atoms with Gasteiger partial charge in [0.05, 0.1) is 5.60 Å². The van der Waals surface area contributed by atoms with Crippen LogP contribution in [0.25, 0.3) is 0 Å². The van der Waals surface area contributed by atoms with Gasteiger partial charge < -0.3 is 29.0 Å². The van der Waals surface area contributed by atoms with Gasteiger partial charge in [0.2, 0.25) is 13.1 Å². The molecule has 6 heteroatoms. The molecule has 1 N–H and O–H groups in total. The monoisotopic (exact) mass is 413 g/mol. The van der Waals surface area contributed by atoms with Gasteiger partial charge in [-0.15, -0.1) is 0 Å². The normalized spacial score (nSPS) is 16.8. The highest BCUT2D eigenvalue weighted by atomic mass is 16.7. The van der Waals surface area contributed by atoms with E-state index >= 15 is 0 Å². The van der Waals surface area contributed by atoms with E-state index in [1.54, 1.807) is 0 Å². The number of hydrogen-bond acceptors (Lipinski definition) is 6. The van der Waals surface area contributed by atoms with E-state index in [2.05, 4.69) is 19.0 Å². The Kier molecular flexibility index (Phi) is 6.35. The van der Waals surface area contributed by atoms with Crippen molar-refractivity contribution in [2.75, 3.05) is 27.4 Å². The highest BCUT2D eigenvalue weighted by molar-refractivity contribution is 5.44. The van der Waals surface area contributed by atoms with Crippen LogP contribution < -0.4 is 18.9 Å². The second-order valence-corrected chi connectivity index (χ2v) is 8.47. The molecule has 30 heavy (non-hydrogen) atoms. The zero-order valence-electron chi connectivity index (χ0n) is 17.8. The fourth-order valence-electron chi connectivity index (χ4n) is 4.03. The molecule has 1 unspecified atom stereocenters. The Morgan fingerprint density at radius 3 is 2.40 bits per heavy atom. The number of hydrogen-bond donors (Lipinski definition) is 1. The summed E-state index contributed by atoms with van der Waals surface area (Å²) < 4.78 is 22.6. The first-order valence-corrected chi connectivity index (χ1v) is 10.7. The molecule has 2 heterocycles. The zero-order chi connectivity index (χ0) is 21.0. The summed E-state index contributed by atoms with van der Waals surface area (Å²) in [4.78, 5) is 2.15. The van der Waals surface area contributed by atoms with Crippen molar-refractivity contribution in [3.63, 3.8) is 0 Å². The lowest BCUT2D eigenvalue weighted by molar-refractivity contribution is -0.0244. The van der Waals surface area contributed by atoms with Crippen LogP contribution in [0.15, 0.2) is 42.5 Å². The molecule has 2 aromatic rings. The van der Waals surface area contributed by atoms with E-state index in [4.69, 9.17) is 18.9 Å². The van der Waals surface area contributed by atoms with Gasteiger partial charge in [0, 0.05) is 6.42 Å². The average Bonchev–Trinajstić information content (AvgIpc) is 3.36.